The Labute approximate surface area is 104 Å². The standard InChI is InChI=1S/C14H12N2S/c1-9-6-7-10-4-2-3-5-11(10)13(9)12-8-17-14(15)16-12/h2-8H,1H3,(H2,15,16). The van der Waals surface area contributed by atoms with E-state index in [9.17, 15) is 0 Å². The minimum absolute atomic E-state index is 0.618. The third kappa shape index (κ3) is 1.68. The van der Waals surface area contributed by atoms with Crippen LogP contribution in [-0.2, 0) is 0 Å². The van der Waals surface area contributed by atoms with Gasteiger partial charge in [-0.1, -0.05) is 36.4 Å². The van der Waals surface area contributed by atoms with Crippen LogP contribution in [0.4, 0.5) is 5.13 Å². The zero-order chi connectivity index (χ0) is 11.8. The molecule has 0 saturated carbocycles. The van der Waals surface area contributed by atoms with Crippen LogP contribution in [0.5, 0.6) is 0 Å². The number of hydrogen-bond acceptors (Lipinski definition) is 3. The molecule has 0 aliphatic rings. The van der Waals surface area contributed by atoms with Crippen LogP contribution in [0, 0.1) is 6.92 Å². The molecule has 0 radical (unpaired) electrons. The first-order valence-electron chi connectivity index (χ1n) is 5.45. The van der Waals surface area contributed by atoms with E-state index in [0.717, 1.165) is 5.69 Å². The molecule has 3 aromatic rings. The van der Waals surface area contributed by atoms with Crippen molar-refractivity contribution in [3.05, 3.63) is 47.3 Å². The molecule has 0 aliphatic carbocycles. The fourth-order valence-electron chi connectivity index (χ4n) is 2.12. The lowest BCUT2D eigenvalue weighted by atomic mass is 9.98. The van der Waals surface area contributed by atoms with Crippen molar-refractivity contribution in [2.45, 2.75) is 6.92 Å². The largest absolute Gasteiger partial charge is 0.375 e. The lowest BCUT2D eigenvalue weighted by molar-refractivity contribution is 1.39. The second kappa shape index (κ2) is 3.86. The average Bonchev–Trinajstić information content (AvgIpc) is 2.75. The summed E-state index contributed by atoms with van der Waals surface area (Å²) in [5.74, 6) is 0. The second-order valence-electron chi connectivity index (χ2n) is 4.05. The molecular formula is C14H12N2S. The zero-order valence-corrected chi connectivity index (χ0v) is 10.3. The molecule has 1 aromatic heterocycles. The van der Waals surface area contributed by atoms with Gasteiger partial charge in [0, 0.05) is 10.9 Å². The number of nitrogens with zero attached hydrogens (tertiary/aromatic N) is 1. The van der Waals surface area contributed by atoms with Crippen LogP contribution in [0.25, 0.3) is 22.0 Å². The van der Waals surface area contributed by atoms with Crippen molar-refractivity contribution in [2.75, 3.05) is 5.73 Å². The molecule has 0 fully saturated rings. The molecule has 0 bridgehead atoms. The number of aromatic nitrogens is 1. The van der Waals surface area contributed by atoms with Gasteiger partial charge < -0.3 is 5.73 Å². The van der Waals surface area contributed by atoms with Crippen molar-refractivity contribution >= 4 is 27.2 Å². The summed E-state index contributed by atoms with van der Waals surface area (Å²) in [6.45, 7) is 2.11. The maximum Gasteiger partial charge on any atom is 0.180 e. The summed E-state index contributed by atoms with van der Waals surface area (Å²) >= 11 is 1.48. The Bertz CT molecular complexity index is 686. The molecule has 2 aromatic carbocycles. The predicted molar refractivity (Wildman–Crippen MR) is 74.2 cm³/mol. The number of rotatable bonds is 1. The van der Waals surface area contributed by atoms with Crippen LogP contribution in [0.15, 0.2) is 41.8 Å². The molecule has 84 valence electrons. The topological polar surface area (TPSA) is 38.9 Å². The fraction of sp³-hybridized carbons (Fsp3) is 0.0714. The first-order valence-corrected chi connectivity index (χ1v) is 6.33. The van der Waals surface area contributed by atoms with Crippen molar-refractivity contribution in [3.63, 3.8) is 0 Å². The summed E-state index contributed by atoms with van der Waals surface area (Å²) in [4.78, 5) is 4.39. The van der Waals surface area contributed by atoms with E-state index in [1.807, 2.05) is 5.38 Å². The molecule has 0 spiro atoms. The van der Waals surface area contributed by atoms with Gasteiger partial charge in [0.15, 0.2) is 5.13 Å². The zero-order valence-electron chi connectivity index (χ0n) is 9.47. The van der Waals surface area contributed by atoms with E-state index in [2.05, 4.69) is 48.3 Å². The number of thiazole rings is 1. The number of benzene rings is 2. The molecule has 0 atom stereocenters. The van der Waals surface area contributed by atoms with Crippen molar-refractivity contribution in [1.82, 2.24) is 4.98 Å². The maximum atomic E-state index is 5.72. The van der Waals surface area contributed by atoms with Gasteiger partial charge >= 0.3 is 0 Å². The lowest BCUT2D eigenvalue weighted by Crippen LogP contribution is -1.88. The van der Waals surface area contributed by atoms with Gasteiger partial charge in [-0.05, 0) is 23.3 Å². The Morgan fingerprint density at radius 1 is 1.12 bits per heavy atom. The van der Waals surface area contributed by atoms with Gasteiger partial charge in [-0.3, -0.25) is 0 Å². The molecule has 1 heterocycles. The predicted octanol–water partition coefficient (Wildman–Crippen LogP) is 3.85. The Kier molecular flexibility index (Phi) is 2.34. The Balaban J connectivity index is 2.38. The van der Waals surface area contributed by atoms with Crippen LogP contribution in [0.1, 0.15) is 5.56 Å². The molecule has 0 unspecified atom stereocenters. The van der Waals surface area contributed by atoms with Crippen LogP contribution in [-0.4, -0.2) is 4.98 Å². The molecule has 3 rings (SSSR count). The molecule has 17 heavy (non-hydrogen) atoms. The Morgan fingerprint density at radius 3 is 2.71 bits per heavy atom. The summed E-state index contributed by atoms with van der Waals surface area (Å²) < 4.78 is 0. The highest BCUT2D eigenvalue weighted by Crippen LogP contribution is 2.32. The normalized spacial score (nSPS) is 10.9. The van der Waals surface area contributed by atoms with E-state index < -0.39 is 0 Å². The number of fused-ring (bicyclic) bond motifs is 1. The number of nitrogens with two attached hydrogens (primary N) is 1. The minimum Gasteiger partial charge on any atom is -0.375 e. The summed E-state index contributed by atoms with van der Waals surface area (Å²) in [5, 5.41) is 5.11. The number of aryl methyl sites for hydroxylation is 1. The number of anilines is 1. The highest BCUT2D eigenvalue weighted by molar-refractivity contribution is 7.13. The van der Waals surface area contributed by atoms with E-state index in [4.69, 9.17) is 5.73 Å². The second-order valence-corrected chi connectivity index (χ2v) is 4.94. The molecular weight excluding hydrogens is 228 g/mol. The van der Waals surface area contributed by atoms with E-state index in [-0.39, 0.29) is 0 Å². The van der Waals surface area contributed by atoms with Crippen molar-refractivity contribution in [2.24, 2.45) is 0 Å². The molecule has 3 heteroatoms. The monoisotopic (exact) mass is 240 g/mol. The lowest BCUT2D eigenvalue weighted by Gasteiger charge is -2.07. The third-order valence-electron chi connectivity index (χ3n) is 2.92. The molecule has 0 aliphatic heterocycles. The molecule has 0 amide bonds. The highest BCUT2D eigenvalue weighted by Gasteiger charge is 2.09. The quantitative estimate of drug-likeness (QED) is 0.701. The van der Waals surface area contributed by atoms with Gasteiger partial charge in [-0.2, -0.15) is 0 Å². The van der Waals surface area contributed by atoms with Gasteiger partial charge in [0.05, 0.1) is 5.69 Å². The number of hydrogen-bond donors (Lipinski definition) is 1. The van der Waals surface area contributed by atoms with E-state index in [1.54, 1.807) is 0 Å². The summed E-state index contributed by atoms with van der Waals surface area (Å²) in [7, 11) is 0. The summed E-state index contributed by atoms with van der Waals surface area (Å²) in [6.07, 6.45) is 0. The van der Waals surface area contributed by atoms with Crippen LogP contribution < -0.4 is 5.73 Å². The van der Waals surface area contributed by atoms with Gasteiger partial charge in [0.2, 0.25) is 0 Å². The highest BCUT2D eigenvalue weighted by atomic mass is 32.1. The van der Waals surface area contributed by atoms with Crippen molar-refractivity contribution < 1.29 is 0 Å². The first-order chi connectivity index (χ1) is 8.25. The molecule has 2 N–H and O–H groups in total. The SMILES string of the molecule is Cc1ccc2ccccc2c1-c1csc(N)n1. The van der Waals surface area contributed by atoms with E-state index >= 15 is 0 Å². The molecule has 0 saturated heterocycles. The minimum atomic E-state index is 0.618. The van der Waals surface area contributed by atoms with E-state index in [0.29, 0.717) is 5.13 Å². The summed E-state index contributed by atoms with van der Waals surface area (Å²) in [5.41, 5.74) is 9.11. The fourth-order valence-corrected chi connectivity index (χ4v) is 2.68. The van der Waals surface area contributed by atoms with Gasteiger partial charge in [-0.25, -0.2) is 4.98 Å². The smallest absolute Gasteiger partial charge is 0.180 e. The Morgan fingerprint density at radius 2 is 1.94 bits per heavy atom. The average molecular weight is 240 g/mol. The third-order valence-corrected chi connectivity index (χ3v) is 3.59. The number of nitrogen functional groups attached to an aromatic ring is 1. The van der Waals surface area contributed by atoms with Gasteiger partial charge in [0.25, 0.3) is 0 Å². The molecule has 2 nitrogen and oxygen atoms in total. The van der Waals surface area contributed by atoms with E-state index in [1.165, 1.54) is 33.2 Å². The van der Waals surface area contributed by atoms with Crippen LogP contribution in [0.3, 0.4) is 0 Å². The van der Waals surface area contributed by atoms with Crippen molar-refractivity contribution in [1.29, 1.82) is 0 Å². The van der Waals surface area contributed by atoms with Crippen molar-refractivity contribution in [3.8, 4) is 11.3 Å². The Hall–Kier alpha value is -1.87. The van der Waals surface area contributed by atoms with Crippen LogP contribution in [0.2, 0.25) is 0 Å². The van der Waals surface area contributed by atoms with Crippen LogP contribution >= 0.6 is 11.3 Å². The summed E-state index contributed by atoms with van der Waals surface area (Å²) in [6, 6.07) is 12.6. The first kappa shape index (κ1) is 10.3. The van der Waals surface area contributed by atoms with Gasteiger partial charge in [0.1, 0.15) is 0 Å². The van der Waals surface area contributed by atoms with Gasteiger partial charge in [-0.15, -0.1) is 11.3 Å². The maximum absolute atomic E-state index is 5.72.